The molecule has 0 saturated heterocycles. The van der Waals surface area contributed by atoms with Crippen LogP contribution in [0.1, 0.15) is 24.5 Å². The number of rotatable bonds is 2. The average molecular weight is 214 g/mol. The van der Waals surface area contributed by atoms with E-state index in [1.54, 1.807) is 0 Å². The largest absolute Gasteiger partial charge is 0.397 e. The SMILES string of the molecule is Nc1ccc(-n2ccc(C3CC3)n2)cc1N. The van der Waals surface area contributed by atoms with Gasteiger partial charge in [-0.15, -0.1) is 0 Å². The Balaban J connectivity index is 1.97. The summed E-state index contributed by atoms with van der Waals surface area (Å²) in [6.45, 7) is 0. The molecule has 0 unspecified atom stereocenters. The van der Waals surface area contributed by atoms with E-state index < -0.39 is 0 Å². The van der Waals surface area contributed by atoms with Crippen molar-refractivity contribution >= 4 is 11.4 Å². The Kier molecular flexibility index (Phi) is 1.89. The minimum Gasteiger partial charge on any atom is -0.397 e. The lowest BCUT2D eigenvalue weighted by Crippen LogP contribution is -2.00. The first kappa shape index (κ1) is 9.27. The quantitative estimate of drug-likeness (QED) is 0.750. The Hall–Kier alpha value is -1.97. The predicted octanol–water partition coefficient (Wildman–Crippen LogP) is 1.91. The summed E-state index contributed by atoms with van der Waals surface area (Å²) in [6.07, 6.45) is 4.50. The number of hydrogen-bond donors (Lipinski definition) is 2. The lowest BCUT2D eigenvalue weighted by atomic mass is 10.2. The van der Waals surface area contributed by atoms with Crippen molar-refractivity contribution in [2.24, 2.45) is 0 Å². The van der Waals surface area contributed by atoms with E-state index >= 15 is 0 Å². The van der Waals surface area contributed by atoms with Gasteiger partial charge in [-0.25, -0.2) is 4.68 Å². The Bertz CT molecular complexity index is 526. The molecule has 0 aliphatic heterocycles. The summed E-state index contributed by atoms with van der Waals surface area (Å²) in [7, 11) is 0. The van der Waals surface area contributed by atoms with Gasteiger partial charge >= 0.3 is 0 Å². The molecule has 4 heteroatoms. The molecule has 0 radical (unpaired) electrons. The van der Waals surface area contributed by atoms with Crippen LogP contribution in [0.15, 0.2) is 30.5 Å². The molecule has 0 atom stereocenters. The molecule has 4 N–H and O–H groups in total. The third kappa shape index (κ3) is 1.52. The van der Waals surface area contributed by atoms with E-state index in [9.17, 15) is 0 Å². The fourth-order valence-electron chi connectivity index (χ4n) is 1.78. The van der Waals surface area contributed by atoms with Crippen LogP contribution in [0.25, 0.3) is 5.69 Å². The van der Waals surface area contributed by atoms with E-state index in [0.29, 0.717) is 17.3 Å². The summed E-state index contributed by atoms with van der Waals surface area (Å²) >= 11 is 0. The number of nitrogens with zero attached hydrogens (tertiary/aromatic N) is 2. The molecular weight excluding hydrogens is 200 g/mol. The van der Waals surface area contributed by atoms with Gasteiger partial charge in [0.25, 0.3) is 0 Å². The second-order valence-electron chi connectivity index (χ2n) is 4.27. The molecule has 1 aromatic carbocycles. The third-order valence-electron chi connectivity index (χ3n) is 2.94. The first-order chi connectivity index (χ1) is 7.74. The number of hydrogen-bond acceptors (Lipinski definition) is 3. The van der Waals surface area contributed by atoms with Gasteiger partial charge in [0, 0.05) is 12.1 Å². The maximum atomic E-state index is 5.77. The van der Waals surface area contributed by atoms with Crippen LogP contribution >= 0.6 is 0 Å². The molecule has 0 bridgehead atoms. The number of benzene rings is 1. The Morgan fingerprint density at radius 2 is 1.94 bits per heavy atom. The topological polar surface area (TPSA) is 69.9 Å². The second kappa shape index (κ2) is 3.27. The fraction of sp³-hybridized carbons (Fsp3) is 0.250. The Labute approximate surface area is 93.9 Å². The van der Waals surface area contributed by atoms with Crippen molar-refractivity contribution < 1.29 is 0 Å². The molecule has 3 rings (SSSR count). The van der Waals surface area contributed by atoms with Crippen LogP contribution in [0, 0.1) is 0 Å². The van der Waals surface area contributed by atoms with Gasteiger partial charge in [0.15, 0.2) is 0 Å². The highest BCUT2D eigenvalue weighted by atomic mass is 15.3. The van der Waals surface area contributed by atoms with Crippen LogP contribution in [0.3, 0.4) is 0 Å². The van der Waals surface area contributed by atoms with Crippen LogP contribution in [-0.4, -0.2) is 9.78 Å². The van der Waals surface area contributed by atoms with Crippen molar-refractivity contribution in [1.29, 1.82) is 0 Å². The molecule has 1 aliphatic carbocycles. The van der Waals surface area contributed by atoms with Gasteiger partial charge in [-0.2, -0.15) is 5.10 Å². The number of nitrogens with two attached hydrogens (primary N) is 2. The van der Waals surface area contributed by atoms with Gasteiger partial charge in [-0.3, -0.25) is 0 Å². The van der Waals surface area contributed by atoms with E-state index in [1.807, 2.05) is 29.1 Å². The highest BCUT2D eigenvalue weighted by molar-refractivity contribution is 5.66. The van der Waals surface area contributed by atoms with Gasteiger partial charge in [0.1, 0.15) is 0 Å². The summed E-state index contributed by atoms with van der Waals surface area (Å²) in [5, 5.41) is 4.53. The summed E-state index contributed by atoms with van der Waals surface area (Å²) < 4.78 is 1.85. The van der Waals surface area contributed by atoms with Gasteiger partial charge < -0.3 is 11.5 Å². The normalized spacial score (nSPS) is 15.2. The lowest BCUT2D eigenvalue weighted by Gasteiger charge is -2.04. The van der Waals surface area contributed by atoms with E-state index in [1.165, 1.54) is 18.5 Å². The monoisotopic (exact) mass is 214 g/mol. The highest BCUT2D eigenvalue weighted by Crippen LogP contribution is 2.39. The molecule has 16 heavy (non-hydrogen) atoms. The van der Waals surface area contributed by atoms with Crippen LogP contribution < -0.4 is 11.5 Å². The Morgan fingerprint density at radius 3 is 2.62 bits per heavy atom. The van der Waals surface area contributed by atoms with E-state index in [2.05, 4.69) is 11.2 Å². The average Bonchev–Trinajstić information content (AvgIpc) is 3.01. The zero-order valence-electron chi connectivity index (χ0n) is 8.93. The van der Waals surface area contributed by atoms with Crippen molar-refractivity contribution in [3.8, 4) is 5.69 Å². The van der Waals surface area contributed by atoms with Crippen LogP contribution in [0.4, 0.5) is 11.4 Å². The molecule has 1 saturated carbocycles. The van der Waals surface area contributed by atoms with Crippen LogP contribution in [-0.2, 0) is 0 Å². The molecule has 1 fully saturated rings. The Morgan fingerprint density at radius 1 is 1.12 bits per heavy atom. The molecular formula is C12H14N4. The van der Waals surface area contributed by atoms with Gasteiger partial charge in [0.05, 0.1) is 22.8 Å². The first-order valence-electron chi connectivity index (χ1n) is 5.45. The van der Waals surface area contributed by atoms with Crippen molar-refractivity contribution in [2.75, 3.05) is 11.5 Å². The zero-order valence-corrected chi connectivity index (χ0v) is 8.93. The molecule has 1 heterocycles. The van der Waals surface area contributed by atoms with E-state index in [-0.39, 0.29) is 0 Å². The minimum absolute atomic E-state index is 0.598. The van der Waals surface area contributed by atoms with Crippen molar-refractivity contribution in [3.63, 3.8) is 0 Å². The molecule has 2 aromatic rings. The molecule has 0 amide bonds. The first-order valence-corrected chi connectivity index (χ1v) is 5.45. The molecule has 0 spiro atoms. The van der Waals surface area contributed by atoms with Gasteiger partial charge in [0.2, 0.25) is 0 Å². The van der Waals surface area contributed by atoms with Gasteiger partial charge in [-0.1, -0.05) is 0 Å². The second-order valence-corrected chi connectivity index (χ2v) is 4.27. The standard InChI is InChI=1S/C12H14N4/c13-10-4-3-9(7-11(10)14)16-6-5-12(15-16)8-1-2-8/h3-8H,1-2,13-14H2. The summed E-state index contributed by atoms with van der Waals surface area (Å²) in [5.74, 6) is 0.673. The maximum absolute atomic E-state index is 5.77. The molecule has 82 valence electrons. The number of anilines is 2. The fourth-order valence-corrected chi connectivity index (χ4v) is 1.78. The zero-order chi connectivity index (χ0) is 11.1. The molecule has 4 nitrogen and oxygen atoms in total. The summed E-state index contributed by atoms with van der Waals surface area (Å²) in [6, 6.07) is 7.65. The molecule has 1 aliphatic rings. The van der Waals surface area contributed by atoms with Crippen molar-refractivity contribution in [1.82, 2.24) is 9.78 Å². The summed E-state index contributed by atoms with van der Waals surface area (Å²) in [5.41, 5.74) is 14.8. The third-order valence-corrected chi connectivity index (χ3v) is 2.94. The maximum Gasteiger partial charge on any atom is 0.0667 e. The number of aromatic nitrogens is 2. The summed E-state index contributed by atoms with van der Waals surface area (Å²) in [4.78, 5) is 0. The van der Waals surface area contributed by atoms with Crippen molar-refractivity contribution in [3.05, 3.63) is 36.2 Å². The predicted molar refractivity (Wildman–Crippen MR) is 64.4 cm³/mol. The lowest BCUT2D eigenvalue weighted by molar-refractivity contribution is 0.838. The van der Waals surface area contributed by atoms with Crippen molar-refractivity contribution in [2.45, 2.75) is 18.8 Å². The molecule has 1 aromatic heterocycles. The van der Waals surface area contributed by atoms with Crippen LogP contribution in [0.2, 0.25) is 0 Å². The highest BCUT2D eigenvalue weighted by Gasteiger charge is 2.25. The van der Waals surface area contributed by atoms with Gasteiger partial charge in [-0.05, 0) is 37.1 Å². The minimum atomic E-state index is 0.598. The van der Waals surface area contributed by atoms with Crippen LogP contribution in [0.5, 0.6) is 0 Å². The van der Waals surface area contributed by atoms with E-state index in [0.717, 1.165) is 5.69 Å². The number of nitrogen functional groups attached to an aromatic ring is 2. The van der Waals surface area contributed by atoms with E-state index in [4.69, 9.17) is 11.5 Å². The smallest absolute Gasteiger partial charge is 0.0667 e.